The molecule has 0 saturated carbocycles. The van der Waals surface area contributed by atoms with Crippen LogP contribution in [0, 0.1) is 0 Å². The molecule has 1 N–H and O–H groups in total. The Labute approximate surface area is 92.4 Å². The van der Waals surface area contributed by atoms with Crippen molar-refractivity contribution >= 4 is 17.7 Å². The highest BCUT2D eigenvalue weighted by molar-refractivity contribution is 7.99. The quantitative estimate of drug-likeness (QED) is 0.854. The van der Waals surface area contributed by atoms with Crippen molar-refractivity contribution in [3.8, 4) is 0 Å². The van der Waals surface area contributed by atoms with Crippen LogP contribution in [0.4, 0.5) is 0 Å². The van der Waals surface area contributed by atoms with E-state index in [4.69, 9.17) is 4.74 Å². The van der Waals surface area contributed by atoms with Crippen molar-refractivity contribution in [1.29, 1.82) is 0 Å². The number of rotatable bonds is 3. The SMILES string of the molecule is CCOC1(C(=O)O)CSc2ccccc21. The maximum Gasteiger partial charge on any atom is 0.341 e. The van der Waals surface area contributed by atoms with E-state index in [9.17, 15) is 9.90 Å². The van der Waals surface area contributed by atoms with Gasteiger partial charge in [0.2, 0.25) is 5.60 Å². The van der Waals surface area contributed by atoms with Crippen LogP contribution in [-0.4, -0.2) is 23.4 Å². The third kappa shape index (κ3) is 1.54. The van der Waals surface area contributed by atoms with E-state index in [1.165, 1.54) is 11.8 Å². The fourth-order valence-corrected chi connectivity index (χ4v) is 3.07. The summed E-state index contributed by atoms with van der Waals surface area (Å²) in [4.78, 5) is 12.3. The number of aliphatic carboxylic acids is 1. The van der Waals surface area contributed by atoms with E-state index in [1.54, 1.807) is 0 Å². The lowest BCUT2D eigenvalue weighted by atomic mass is 9.96. The summed E-state index contributed by atoms with van der Waals surface area (Å²) < 4.78 is 5.46. The van der Waals surface area contributed by atoms with Crippen molar-refractivity contribution in [3.63, 3.8) is 0 Å². The van der Waals surface area contributed by atoms with Crippen LogP contribution in [0.5, 0.6) is 0 Å². The highest BCUT2D eigenvalue weighted by Gasteiger charge is 2.47. The number of carboxylic acids is 1. The topological polar surface area (TPSA) is 46.5 Å². The predicted molar refractivity (Wildman–Crippen MR) is 58.1 cm³/mol. The normalized spacial score (nSPS) is 23.8. The van der Waals surface area contributed by atoms with Gasteiger partial charge in [0.15, 0.2) is 0 Å². The second-order valence-corrected chi connectivity index (χ2v) is 4.37. The Bertz CT molecular complexity index is 387. The minimum Gasteiger partial charge on any atom is -0.479 e. The molecule has 0 saturated heterocycles. The van der Waals surface area contributed by atoms with Crippen LogP contribution in [0.2, 0.25) is 0 Å². The zero-order chi connectivity index (χ0) is 10.9. The smallest absolute Gasteiger partial charge is 0.341 e. The molecule has 1 unspecified atom stereocenters. The van der Waals surface area contributed by atoms with E-state index in [-0.39, 0.29) is 0 Å². The maximum absolute atomic E-state index is 11.3. The summed E-state index contributed by atoms with van der Waals surface area (Å²) in [5, 5.41) is 9.30. The summed E-state index contributed by atoms with van der Waals surface area (Å²) in [6.07, 6.45) is 0. The first kappa shape index (κ1) is 10.5. The molecular formula is C11H12O3S. The zero-order valence-electron chi connectivity index (χ0n) is 8.40. The van der Waals surface area contributed by atoms with Crippen LogP contribution < -0.4 is 0 Å². The van der Waals surface area contributed by atoms with Gasteiger partial charge in [0.1, 0.15) is 0 Å². The summed E-state index contributed by atoms with van der Waals surface area (Å²) in [5.41, 5.74) is -0.361. The summed E-state index contributed by atoms with van der Waals surface area (Å²) in [6, 6.07) is 7.53. The zero-order valence-corrected chi connectivity index (χ0v) is 9.21. The number of hydrogen-bond donors (Lipinski definition) is 1. The lowest BCUT2D eigenvalue weighted by molar-refractivity contribution is -0.163. The molecule has 1 aliphatic heterocycles. The third-order valence-electron chi connectivity index (χ3n) is 2.49. The third-order valence-corrected chi connectivity index (χ3v) is 3.71. The molecule has 0 bridgehead atoms. The molecule has 0 aliphatic carbocycles. The van der Waals surface area contributed by atoms with Crippen LogP contribution in [0.25, 0.3) is 0 Å². The van der Waals surface area contributed by atoms with Gasteiger partial charge < -0.3 is 9.84 Å². The van der Waals surface area contributed by atoms with E-state index in [0.717, 1.165) is 10.5 Å². The number of carboxylic acid groups (broad SMARTS) is 1. The van der Waals surface area contributed by atoms with Gasteiger partial charge in [0, 0.05) is 22.8 Å². The fraction of sp³-hybridized carbons (Fsp3) is 0.364. The summed E-state index contributed by atoms with van der Waals surface area (Å²) >= 11 is 1.54. The number of ether oxygens (including phenoxy) is 1. The van der Waals surface area contributed by atoms with Crippen molar-refractivity contribution in [2.45, 2.75) is 17.4 Å². The van der Waals surface area contributed by atoms with Gasteiger partial charge in [0.05, 0.1) is 0 Å². The molecule has 0 fully saturated rings. The number of fused-ring (bicyclic) bond motifs is 1. The molecule has 0 amide bonds. The van der Waals surface area contributed by atoms with Gasteiger partial charge in [-0.25, -0.2) is 4.79 Å². The molecule has 1 atom stereocenters. The Morgan fingerprint density at radius 3 is 3.00 bits per heavy atom. The van der Waals surface area contributed by atoms with Gasteiger partial charge in [-0.1, -0.05) is 18.2 Å². The Hall–Kier alpha value is -1.00. The lowest BCUT2D eigenvalue weighted by Gasteiger charge is -2.24. The van der Waals surface area contributed by atoms with Gasteiger partial charge in [-0.3, -0.25) is 0 Å². The first-order valence-electron chi connectivity index (χ1n) is 4.80. The van der Waals surface area contributed by atoms with Crippen LogP contribution in [-0.2, 0) is 15.1 Å². The fourth-order valence-electron chi connectivity index (χ4n) is 1.79. The summed E-state index contributed by atoms with van der Waals surface area (Å²) in [7, 11) is 0. The molecule has 0 radical (unpaired) electrons. The Morgan fingerprint density at radius 2 is 2.33 bits per heavy atom. The molecule has 80 valence electrons. The van der Waals surface area contributed by atoms with Gasteiger partial charge in [-0.15, -0.1) is 11.8 Å². The largest absolute Gasteiger partial charge is 0.479 e. The maximum atomic E-state index is 11.3. The van der Waals surface area contributed by atoms with E-state index in [0.29, 0.717) is 12.4 Å². The first-order valence-corrected chi connectivity index (χ1v) is 5.79. The lowest BCUT2D eigenvalue weighted by Crippen LogP contribution is -2.39. The molecule has 1 aromatic carbocycles. The van der Waals surface area contributed by atoms with Crippen molar-refractivity contribution < 1.29 is 14.6 Å². The molecular weight excluding hydrogens is 212 g/mol. The molecule has 4 heteroatoms. The number of thioether (sulfide) groups is 1. The van der Waals surface area contributed by atoms with Gasteiger partial charge in [0.25, 0.3) is 0 Å². The van der Waals surface area contributed by atoms with Gasteiger partial charge in [-0.05, 0) is 13.0 Å². The highest BCUT2D eigenvalue weighted by Crippen LogP contribution is 2.44. The van der Waals surface area contributed by atoms with Gasteiger partial charge in [-0.2, -0.15) is 0 Å². The molecule has 3 nitrogen and oxygen atoms in total. The molecule has 15 heavy (non-hydrogen) atoms. The second-order valence-electron chi connectivity index (χ2n) is 3.35. The Morgan fingerprint density at radius 1 is 1.60 bits per heavy atom. The minimum absolute atomic E-state index is 0.404. The van der Waals surface area contributed by atoms with E-state index < -0.39 is 11.6 Å². The standard InChI is InChI=1S/C11H12O3S/c1-2-14-11(10(12)13)7-15-9-6-4-3-5-8(9)11/h3-6H,2,7H2,1H3,(H,12,13). The Balaban J connectivity index is 2.49. The van der Waals surface area contributed by atoms with E-state index >= 15 is 0 Å². The average molecular weight is 224 g/mol. The number of hydrogen-bond acceptors (Lipinski definition) is 3. The van der Waals surface area contributed by atoms with Crippen LogP contribution in [0.1, 0.15) is 12.5 Å². The van der Waals surface area contributed by atoms with Crippen molar-refractivity contribution in [3.05, 3.63) is 29.8 Å². The predicted octanol–water partition coefficient (Wildman–Crippen LogP) is 2.11. The molecule has 1 aromatic rings. The van der Waals surface area contributed by atoms with Crippen molar-refractivity contribution in [1.82, 2.24) is 0 Å². The first-order chi connectivity index (χ1) is 7.20. The Kier molecular flexibility index (Phi) is 2.71. The van der Waals surface area contributed by atoms with Crippen LogP contribution >= 0.6 is 11.8 Å². The molecule has 0 aromatic heterocycles. The van der Waals surface area contributed by atoms with Crippen molar-refractivity contribution in [2.24, 2.45) is 0 Å². The molecule has 2 rings (SSSR count). The second kappa shape index (κ2) is 3.87. The molecule has 1 heterocycles. The van der Waals surface area contributed by atoms with E-state index in [2.05, 4.69) is 0 Å². The van der Waals surface area contributed by atoms with Crippen LogP contribution in [0.15, 0.2) is 29.2 Å². The number of carbonyl (C=O) groups is 1. The van der Waals surface area contributed by atoms with Gasteiger partial charge >= 0.3 is 5.97 Å². The number of benzene rings is 1. The molecule has 1 aliphatic rings. The average Bonchev–Trinajstić information content (AvgIpc) is 2.60. The highest BCUT2D eigenvalue weighted by atomic mass is 32.2. The van der Waals surface area contributed by atoms with Crippen LogP contribution in [0.3, 0.4) is 0 Å². The summed E-state index contributed by atoms with van der Waals surface area (Å²) in [5.74, 6) is -0.447. The molecule has 0 spiro atoms. The van der Waals surface area contributed by atoms with E-state index in [1.807, 2.05) is 31.2 Å². The monoisotopic (exact) mass is 224 g/mol. The summed E-state index contributed by atoms with van der Waals surface area (Å²) in [6.45, 7) is 2.22. The van der Waals surface area contributed by atoms with Crippen molar-refractivity contribution in [2.75, 3.05) is 12.4 Å². The minimum atomic E-state index is -1.14.